The Morgan fingerprint density at radius 2 is 2.16 bits per heavy atom. The van der Waals surface area contributed by atoms with Crippen molar-refractivity contribution < 1.29 is 4.79 Å². The highest BCUT2D eigenvalue weighted by atomic mass is 32.1. The first-order valence-electron chi connectivity index (χ1n) is 6.64. The van der Waals surface area contributed by atoms with E-state index >= 15 is 0 Å². The Morgan fingerprint density at radius 3 is 2.74 bits per heavy atom. The molecule has 1 aromatic carbocycles. The summed E-state index contributed by atoms with van der Waals surface area (Å²) in [5, 5.41) is 0. The molecule has 3 nitrogen and oxygen atoms in total. The van der Waals surface area contributed by atoms with Crippen LogP contribution in [0.4, 0.5) is 0 Å². The second kappa shape index (κ2) is 7.89. The fourth-order valence-electron chi connectivity index (χ4n) is 2.03. The monoisotopic (exact) mass is 278 g/mol. The third-order valence-corrected chi connectivity index (χ3v) is 3.03. The average molecular weight is 278 g/mol. The molecular formula is C15H22N2OS. The standard InChI is InChI=1S/C15H22N2OS/c1-3-9-17(11-14(16)19)15(18)8-7-13-6-4-5-12(2)10-13/h4-6,10H,3,7-9,11H2,1-2H3,(H2,16,19). The van der Waals surface area contributed by atoms with Crippen molar-refractivity contribution in [1.82, 2.24) is 4.90 Å². The summed E-state index contributed by atoms with van der Waals surface area (Å²) in [6, 6.07) is 8.25. The Hall–Kier alpha value is -1.42. The summed E-state index contributed by atoms with van der Waals surface area (Å²) in [5.41, 5.74) is 7.94. The minimum Gasteiger partial charge on any atom is -0.392 e. The van der Waals surface area contributed by atoms with Crippen LogP contribution in [0.15, 0.2) is 24.3 Å². The molecule has 0 aliphatic carbocycles. The van der Waals surface area contributed by atoms with Gasteiger partial charge in [-0.2, -0.15) is 0 Å². The molecule has 0 bridgehead atoms. The van der Waals surface area contributed by atoms with E-state index in [1.807, 2.05) is 13.0 Å². The molecule has 1 aromatic rings. The van der Waals surface area contributed by atoms with E-state index < -0.39 is 0 Å². The Kier molecular flexibility index (Phi) is 6.50. The molecule has 1 rings (SSSR count). The molecule has 19 heavy (non-hydrogen) atoms. The highest BCUT2D eigenvalue weighted by Crippen LogP contribution is 2.08. The first-order valence-corrected chi connectivity index (χ1v) is 7.05. The molecule has 0 atom stereocenters. The smallest absolute Gasteiger partial charge is 0.223 e. The third-order valence-electron chi connectivity index (χ3n) is 2.90. The van der Waals surface area contributed by atoms with Crippen molar-refractivity contribution in [2.24, 2.45) is 5.73 Å². The Morgan fingerprint density at radius 1 is 1.42 bits per heavy atom. The van der Waals surface area contributed by atoms with E-state index in [1.54, 1.807) is 4.90 Å². The lowest BCUT2D eigenvalue weighted by Gasteiger charge is -2.21. The number of benzene rings is 1. The molecule has 2 N–H and O–H groups in total. The van der Waals surface area contributed by atoms with Gasteiger partial charge < -0.3 is 10.6 Å². The van der Waals surface area contributed by atoms with Gasteiger partial charge in [0.05, 0.1) is 11.5 Å². The number of hydrogen-bond acceptors (Lipinski definition) is 2. The molecule has 0 aliphatic rings. The molecule has 0 unspecified atom stereocenters. The molecule has 0 aromatic heterocycles. The van der Waals surface area contributed by atoms with Crippen molar-refractivity contribution in [2.45, 2.75) is 33.1 Å². The molecule has 0 radical (unpaired) electrons. The minimum absolute atomic E-state index is 0.121. The fourth-order valence-corrected chi connectivity index (χ4v) is 2.18. The van der Waals surface area contributed by atoms with Gasteiger partial charge in [0.15, 0.2) is 0 Å². The van der Waals surface area contributed by atoms with E-state index in [9.17, 15) is 4.79 Å². The molecule has 1 amide bonds. The lowest BCUT2D eigenvalue weighted by molar-refractivity contribution is -0.130. The molecule has 4 heteroatoms. The third kappa shape index (κ3) is 5.83. The predicted octanol–water partition coefficient (Wildman–Crippen LogP) is 2.45. The van der Waals surface area contributed by atoms with Crippen LogP contribution in [0.3, 0.4) is 0 Å². The summed E-state index contributed by atoms with van der Waals surface area (Å²) >= 11 is 4.88. The van der Waals surface area contributed by atoms with Crippen LogP contribution in [0.5, 0.6) is 0 Å². The van der Waals surface area contributed by atoms with Crippen molar-refractivity contribution in [3.8, 4) is 0 Å². The van der Waals surface area contributed by atoms with Crippen LogP contribution in [-0.2, 0) is 11.2 Å². The summed E-state index contributed by atoms with van der Waals surface area (Å²) in [6.07, 6.45) is 2.18. The van der Waals surface area contributed by atoms with Gasteiger partial charge in [0.25, 0.3) is 0 Å². The van der Waals surface area contributed by atoms with Crippen molar-refractivity contribution >= 4 is 23.1 Å². The number of rotatable bonds is 7. The second-order valence-electron chi connectivity index (χ2n) is 4.77. The lowest BCUT2D eigenvalue weighted by Crippen LogP contribution is -2.38. The van der Waals surface area contributed by atoms with Gasteiger partial charge in [0.2, 0.25) is 5.91 Å². The zero-order valence-corrected chi connectivity index (χ0v) is 12.5. The van der Waals surface area contributed by atoms with Gasteiger partial charge in [-0.15, -0.1) is 0 Å². The maximum Gasteiger partial charge on any atom is 0.223 e. The van der Waals surface area contributed by atoms with E-state index in [4.69, 9.17) is 18.0 Å². The second-order valence-corrected chi connectivity index (χ2v) is 5.30. The van der Waals surface area contributed by atoms with Gasteiger partial charge in [-0.05, 0) is 25.3 Å². The largest absolute Gasteiger partial charge is 0.392 e. The van der Waals surface area contributed by atoms with Crippen molar-refractivity contribution in [3.63, 3.8) is 0 Å². The van der Waals surface area contributed by atoms with E-state index in [0.29, 0.717) is 24.5 Å². The van der Waals surface area contributed by atoms with Gasteiger partial charge in [-0.25, -0.2) is 0 Å². The highest BCUT2D eigenvalue weighted by Gasteiger charge is 2.13. The number of aryl methyl sites for hydroxylation is 2. The quantitative estimate of drug-likeness (QED) is 0.779. The van der Waals surface area contributed by atoms with E-state index in [2.05, 4.69) is 25.1 Å². The molecule has 0 fully saturated rings. The first-order chi connectivity index (χ1) is 9.02. The van der Waals surface area contributed by atoms with Gasteiger partial charge in [-0.1, -0.05) is 49.0 Å². The van der Waals surface area contributed by atoms with Gasteiger partial charge in [0.1, 0.15) is 0 Å². The zero-order chi connectivity index (χ0) is 14.3. The number of hydrogen-bond donors (Lipinski definition) is 1. The molecule has 0 saturated carbocycles. The molecule has 0 heterocycles. The maximum absolute atomic E-state index is 12.1. The van der Waals surface area contributed by atoms with Crippen molar-refractivity contribution in [2.75, 3.05) is 13.1 Å². The zero-order valence-electron chi connectivity index (χ0n) is 11.7. The normalized spacial score (nSPS) is 10.2. The number of thiocarbonyl (C=S) groups is 1. The van der Waals surface area contributed by atoms with Gasteiger partial charge in [-0.3, -0.25) is 4.79 Å². The van der Waals surface area contributed by atoms with E-state index in [-0.39, 0.29) is 5.91 Å². The summed E-state index contributed by atoms with van der Waals surface area (Å²) in [6.45, 7) is 5.20. The van der Waals surface area contributed by atoms with Crippen molar-refractivity contribution in [1.29, 1.82) is 0 Å². The molecule has 104 valence electrons. The molecule has 0 saturated heterocycles. The van der Waals surface area contributed by atoms with Gasteiger partial charge in [0, 0.05) is 13.0 Å². The van der Waals surface area contributed by atoms with Crippen molar-refractivity contribution in [3.05, 3.63) is 35.4 Å². The van der Waals surface area contributed by atoms with Gasteiger partial charge >= 0.3 is 0 Å². The summed E-state index contributed by atoms with van der Waals surface area (Å²) in [7, 11) is 0. The van der Waals surface area contributed by atoms with E-state index in [0.717, 1.165) is 12.8 Å². The number of nitrogens with zero attached hydrogens (tertiary/aromatic N) is 1. The number of carbonyl (C=O) groups is 1. The van der Waals surface area contributed by atoms with Crippen LogP contribution < -0.4 is 5.73 Å². The maximum atomic E-state index is 12.1. The Labute approximate surface area is 120 Å². The Balaban J connectivity index is 2.54. The molecular weight excluding hydrogens is 256 g/mol. The number of amides is 1. The predicted molar refractivity (Wildman–Crippen MR) is 83.2 cm³/mol. The number of nitrogens with two attached hydrogens (primary N) is 1. The lowest BCUT2D eigenvalue weighted by atomic mass is 10.1. The molecule has 0 aliphatic heterocycles. The number of carbonyl (C=O) groups excluding carboxylic acids is 1. The summed E-state index contributed by atoms with van der Waals surface area (Å²) < 4.78 is 0. The van der Waals surface area contributed by atoms with Crippen LogP contribution >= 0.6 is 12.2 Å². The SMILES string of the molecule is CCCN(CC(N)=S)C(=O)CCc1cccc(C)c1. The van der Waals surface area contributed by atoms with Crippen LogP contribution in [0, 0.1) is 6.92 Å². The average Bonchev–Trinajstić information content (AvgIpc) is 2.35. The summed E-state index contributed by atoms with van der Waals surface area (Å²) in [4.78, 5) is 14.3. The Bertz CT molecular complexity index is 446. The van der Waals surface area contributed by atoms with Crippen LogP contribution in [0.25, 0.3) is 0 Å². The molecule has 0 spiro atoms. The summed E-state index contributed by atoms with van der Waals surface area (Å²) in [5.74, 6) is 0.121. The van der Waals surface area contributed by atoms with E-state index in [1.165, 1.54) is 11.1 Å². The fraction of sp³-hybridized carbons (Fsp3) is 0.467. The van der Waals surface area contributed by atoms with Crippen LogP contribution in [-0.4, -0.2) is 28.9 Å². The minimum atomic E-state index is 0.121. The highest BCUT2D eigenvalue weighted by molar-refractivity contribution is 7.80. The van der Waals surface area contributed by atoms with Crippen LogP contribution in [0.2, 0.25) is 0 Å². The topological polar surface area (TPSA) is 46.3 Å². The first kappa shape index (κ1) is 15.6. The van der Waals surface area contributed by atoms with Crippen LogP contribution in [0.1, 0.15) is 30.9 Å².